The number of carboxylic acids is 1. The second-order valence-electron chi connectivity index (χ2n) is 10.8. The molecule has 35 heavy (non-hydrogen) atoms. The predicted octanol–water partition coefficient (Wildman–Crippen LogP) is 4.50. The Labute approximate surface area is 217 Å². The summed E-state index contributed by atoms with van der Waals surface area (Å²) in [5.74, 6) is -1.56. The maximum absolute atomic E-state index is 13.0. The Morgan fingerprint density at radius 3 is 2.51 bits per heavy atom. The van der Waals surface area contributed by atoms with Gasteiger partial charge in [0.2, 0.25) is 5.91 Å². The van der Waals surface area contributed by atoms with Crippen LogP contribution in [0.4, 0.5) is 0 Å². The van der Waals surface area contributed by atoms with Crippen molar-refractivity contribution in [2.75, 3.05) is 20.1 Å². The molecule has 1 amide bonds. The molecule has 2 N–H and O–H groups in total. The number of ether oxygens (including phenoxy) is 1. The number of benzene rings is 1. The number of rotatable bonds is 10. The minimum Gasteiger partial charge on any atom is -0.480 e. The Kier molecular flexibility index (Phi) is 11.8. The van der Waals surface area contributed by atoms with Gasteiger partial charge in [0.05, 0.1) is 5.41 Å². The van der Waals surface area contributed by atoms with Crippen LogP contribution in [0.25, 0.3) is 0 Å². The first-order valence-corrected chi connectivity index (χ1v) is 12.4. The van der Waals surface area contributed by atoms with E-state index in [4.69, 9.17) is 4.74 Å². The predicted molar refractivity (Wildman–Crippen MR) is 143 cm³/mol. The lowest BCUT2D eigenvalue weighted by Crippen LogP contribution is -2.44. The molecule has 1 aromatic carbocycles. The van der Waals surface area contributed by atoms with Gasteiger partial charge in [0.25, 0.3) is 0 Å². The van der Waals surface area contributed by atoms with Gasteiger partial charge < -0.3 is 20.1 Å². The fourth-order valence-corrected chi connectivity index (χ4v) is 4.67. The molecule has 1 aliphatic rings. The fraction of sp³-hybridized carbons (Fsp3) is 0.667. The summed E-state index contributed by atoms with van der Waals surface area (Å²) in [6, 6.07) is 6.92. The van der Waals surface area contributed by atoms with Crippen LogP contribution >= 0.6 is 13.5 Å². The van der Waals surface area contributed by atoms with Gasteiger partial charge in [0, 0.05) is 18.4 Å². The number of carbonyl (C=O) groups is 3. The number of nitrogens with zero attached hydrogens (tertiary/aromatic N) is 1. The van der Waals surface area contributed by atoms with E-state index < -0.39 is 23.4 Å². The summed E-state index contributed by atoms with van der Waals surface area (Å²) in [4.78, 5) is 39.0. The number of esters is 1. The van der Waals surface area contributed by atoms with Crippen molar-refractivity contribution in [1.82, 2.24) is 10.2 Å². The lowest BCUT2D eigenvalue weighted by Gasteiger charge is -2.35. The van der Waals surface area contributed by atoms with E-state index >= 15 is 0 Å². The van der Waals surface area contributed by atoms with Gasteiger partial charge in [-0.2, -0.15) is 13.5 Å². The lowest BCUT2D eigenvalue weighted by molar-refractivity contribution is -0.146. The number of hydrogen-bond donors (Lipinski definition) is 2. The number of hydrogen-bond acceptors (Lipinski definition) is 5. The van der Waals surface area contributed by atoms with Gasteiger partial charge in [-0.05, 0) is 76.7 Å². The largest absolute Gasteiger partial charge is 0.480 e. The number of aliphatic carboxylic acids is 1. The molecule has 2 rings (SSSR count). The van der Waals surface area contributed by atoms with Crippen molar-refractivity contribution >= 4 is 31.3 Å². The van der Waals surface area contributed by atoms with Crippen LogP contribution in [0.3, 0.4) is 0 Å². The highest BCUT2D eigenvalue weighted by atomic mass is 32.1. The molecular formula is C27H44N2O5S. The zero-order valence-corrected chi connectivity index (χ0v) is 23.1. The minimum atomic E-state index is -1.06. The molecule has 7 nitrogen and oxygen atoms in total. The topological polar surface area (TPSA) is 95.9 Å². The summed E-state index contributed by atoms with van der Waals surface area (Å²) >= 11 is 0. The number of amides is 1. The highest BCUT2D eigenvalue weighted by Gasteiger charge is 2.35. The third kappa shape index (κ3) is 8.53. The summed E-state index contributed by atoms with van der Waals surface area (Å²) < 4.78 is 5.77. The lowest BCUT2D eigenvalue weighted by atomic mass is 9.74. The van der Waals surface area contributed by atoms with E-state index in [1.54, 1.807) is 33.8 Å². The van der Waals surface area contributed by atoms with E-state index in [2.05, 4.69) is 30.3 Å². The van der Waals surface area contributed by atoms with Crippen molar-refractivity contribution in [3.8, 4) is 5.75 Å². The molecule has 1 aliphatic heterocycles. The van der Waals surface area contributed by atoms with Crippen molar-refractivity contribution in [2.24, 2.45) is 11.3 Å². The first-order valence-electron chi connectivity index (χ1n) is 12.4. The first kappa shape index (κ1) is 31.0. The van der Waals surface area contributed by atoms with E-state index in [9.17, 15) is 19.5 Å². The smallest absolute Gasteiger partial charge is 0.326 e. The van der Waals surface area contributed by atoms with E-state index in [0.29, 0.717) is 5.75 Å². The van der Waals surface area contributed by atoms with E-state index in [1.165, 1.54) is 18.4 Å². The van der Waals surface area contributed by atoms with Gasteiger partial charge >= 0.3 is 11.9 Å². The van der Waals surface area contributed by atoms with Crippen LogP contribution in [0.2, 0.25) is 0 Å². The van der Waals surface area contributed by atoms with Crippen LogP contribution in [0.5, 0.6) is 5.75 Å². The Balaban J connectivity index is 0.00000612. The molecule has 198 valence electrons. The van der Waals surface area contributed by atoms with Gasteiger partial charge in [-0.1, -0.05) is 39.3 Å². The summed E-state index contributed by atoms with van der Waals surface area (Å²) in [6.45, 7) is 11.3. The quantitative estimate of drug-likeness (QED) is 0.357. The van der Waals surface area contributed by atoms with E-state index in [-0.39, 0.29) is 43.6 Å². The van der Waals surface area contributed by atoms with Crippen LogP contribution in [-0.4, -0.2) is 54.0 Å². The van der Waals surface area contributed by atoms with Crippen LogP contribution in [0.1, 0.15) is 78.7 Å². The van der Waals surface area contributed by atoms with Crippen molar-refractivity contribution in [1.29, 1.82) is 0 Å². The molecule has 1 heterocycles. The average molecular weight is 509 g/mol. The van der Waals surface area contributed by atoms with Crippen LogP contribution in [-0.2, 0) is 19.8 Å². The van der Waals surface area contributed by atoms with Crippen LogP contribution < -0.4 is 10.1 Å². The first-order chi connectivity index (χ1) is 15.9. The molecule has 1 saturated heterocycles. The normalized spacial score (nSPS) is 19.9. The standard InChI is InChI=1S/C27H42N2O5.H2S/c1-7-27(14-8-9-16-29(6)18-27)20-11-10-12-21(17-20)34-25(33)26(4,5)15-13-22(30)28-23(19(2)3)24(31)32;/h10-12,17,19,23H,7-9,13-16,18H2,1-6H3,(H,28,30)(H,31,32);1H2/t23-,27?;/m0./s1. The summed E-state index contributed by atoms with van der Waals surface area (Å²) in [6.07, 6.45) is 4.80. The molecule has 0 bridgehead atoms. The average Bonchev–Trinajstić information content (AvgIpc) is 2.97. The fourth-order valence-electron chi connectivity index (χ4n) is 4.67. The molecule has 0 aromatic heterocycles. The number of likely N-dealkylation sites (tertiary alicyclic amines) is 1. The van der Waals surface area contributed by atoms with Gasteiger partial charge in [-0.3, -0.25) is 9.59 Å². The third-order valence-corrected chi connectivity index (χ3v) is 7.13. The zero-order chi connectivity index (χ0) is 25.5. The molecule has 0 spiro atoms. The molecule has 0 radical (unpaired) electrons. The minimum absolute atomic E-state index is 0. The molecule has 1 aromatic rings. The van der Waals surface area contributed by atoms with E-state index in [1.807, 2.05) is 12.1 Å². The van der Waals surface area contributed by atoms with Crippen molar-refractivity contribution in [3.63, 3.8) is 0 Å². The number of carbonyl (C=O) groups excluding carboxylic acids is 2. The Morgan fingerprint density at radius 1 is 1.23 bits per heavy atom. The molecule has 1 unspecified atom stereocenters. The summed E-state index contributed by atoms with van der Waals surface area (Å²) in [5.41, 5.74) is 0.340. The summed E-state index contributed by atoms with van der Waals surface area (Å²) in [5, 5.41) is 11.8. The Morgan fingerprint density at radius 2 is 1.91 bits per heavy atom. The number of likely N-dealkylation sites (N-methyl/N-ethyl adjacent to an activating group) is 1. The molecule has 0 aliphatic carbocycles. The highest BCUT2D eigenvalue weighted by Crippen LogP contribution is 2.38. The third-order valence-electron chi connectivity index (χ3n) is 7.13. The Hall–Kier alpha value is -2.06. The molecular weight excluding hydrogens is 464 g/mol. The van der Waals surface area contributed by atoms with Crippen molar-refractivity contribution < 1.29 is 24.2 Å². The van der Waals surface area contributed by atoms with Gasteiger partial charge in [-0.25, -0.2) is 4.79 Å². The molecule has 8 heteroatoms. The Bertz CT molecular complexity index is 873. The second-order valence-corrected chi connectivity index (χ2v) is 10.8. The monoisotopic (exact) mass is 508 g/mol. The van der Waals surface area contributed by atoms with Crippen LogP contribution in [0, 0.1) is 11.3 Å². The molecule has 1 fully saturated rings. The van der Waals surface area contributed by atoms with E-state index in [0.717, 1.165) is 25.9 Å². The molecule has 2 atom stereocenters. The van der Waals surface area contributed by atoms with Crippen molar-refractivity contribution in [2.45, 2.75) is 84.6 Å². The van der Waals surface area contributed by atoms with Gasteiger partial charge in [0.1, 0.15) is 11.8 Å². The molecule has 0 saturated carbocycles. The second kappa shape index (κ2) is 13.3. The zero-order valence-electron chi connectivity index (χ0n) is 22.1. The van der Waals surface area contributed by atoms with Gasteiger partial charge in [0.15, 0.2) is 0 Å². The number of nitrogens with one attached hydrogen (secondary N) is 1. The maximum Gasteiger partial charge on any atom is 0.326 e. The van der Waals surface area contributed by atoms with Gasteiger partial charge in [-0.15, -0.1) is 0 Å². The maximum atomic E-state index is 13.0. The van der Waals surface area contributed by atoms with Crippen LogP contribution in [0.15, 0.2) is 24.3 Å². The van der Waals surface area contributed by atoms with Crippen molar-refractivity contribution in [3.05, 3.63) is 29.8 Å². The number of carboxylic acid groups (broad SMARTS) is 1. The highest BCUT2D eigenvalue weighted by molar-refractivity contribution is 7.59. The summed E-state index contributed by atoms with van der Waals surface area (Å²) in [7, 11) is 2.16. The SMILES string of the molecule is CCC1(c2cccc(OC(=O)C(C)(C)CCC(=O)N[C@H](C(=O)O)C(C)C)c2)CCCCN(C)C1.S.